The van der Waals surface area contributed by atoms with E-state index in [2.05, 4.69) is 52.0 Å². The van der Waals surface area contributed by atoms with Gasteiger partial charge in [-0.3, -0.25) is 0 Å². The Labute approximate surface area is 108 Å². The number of rotatable bonds is 9. The van der Waals surface area contributed by atoms with Crippen molar-refractivity contribution in [2.75, 3.05) is 13.6 Å². The fraction of sp³-hybridized carbons (Fsp3) is 0.867. The summed E-state index contributed by atoms with van der Waals surface area (Å²) in [5.74, 6) is 0.748. The van der Waals surface area contributed by atoms with E-state index >= 15 is 0 Å². The first-order valence-electron chi connectivity index (χ1n) is 6.97. The summed E-state index contributed by atoms with van der Waals surface area (Å²) in [7, 11) is 2.08. The number of hydrogen-bond donors (Lipinski definition) is 2. The molecule has 0 aromatic rings. The van der Waals surface area contributed by atoms with Gasteiger partial charge in [0.1, 0.15) is 0 Å². The lowest BCUT2D eigenvalue weighted by atomic mass is 9.89. The van der Waals surface area contributed by atoms with Crippen molar-refractivity contribution in [3.63, 3.8) is 0 Å². The smallest absolute Gasteiger partial charge is 0.00965 e. The van der Waals surface area contributed by atoms with Gasteiger partial charge in [-0.25, -0.2) is 0 Å². The van der Waals surface area contributed by atoms with E-state index in [4.69, 9.17) is 0 Å². The topological polar surface area (TPSA) is 24.1 Å². The fourth-order valence-electron chi connectivity index (χ4n) is 2.28. The van der Waals surface area contributed by atoms with E-state index in [0.717, 1.165) is 18.9 Å². The van der Waals surface area contributed by atoms with Crippen LogP contribution in [0, 0.1) is 5.92 Å². The van der Waals surface area contributed by atoms with Crippen molar-refractivity contribution in [3.8, 4) is 0 Å². The monoisotopic (exact) mass is 240 g/mol. The van der Waals surface area contributed by atoms with Crippen LogP contribution in [-0.2, 0) is 0 Å². The van der Waals surface area contributed by atoms with E-state index in [0.29, 0.717) is 6.04 Å². The molecule has 0 fully saturated rings. The molecule has 2 nitrogen and oxygen atoms in total. The standard InChI is InChI=1S/C15H32N2/c1-7-9-10-13(14(8-2)16-6)11-12-17-15(3,4)5/h7,13-14,16-17H,1,8-12H2,2-6H3. The van der Waals surface area contributed by atoms with Gasteiger partial charge < -0.3 is 10.6 Å². The Hall–Kier alpha value is -0.340. The van der Waals surface area contributed by atoms with Crippen molar-refractivity contribution >= 4 is 0 Å². The normalized spacial score (nSPS) is 15.6. The Morgan fingerprint density at radius 3 is 2.29 bits per heavy atom. The number of nitrogens with one attached hydrogen (secondary N) is 2. The third-order valence-corrected chi connectivity index (χ3v) is 3.29. The molecule has 0 radical (unpaired) electrons. The summed E-state index contributed by atoms with van der Waals surface area (Å²) >= 11 is 0. The van der Waals surface area contributed by atoms with Crippen LogP contribution in [-0.4, -0.2) is 25.2 Å². The summed E-state index contributed by atoms with van der Waals surface area (Å²) in [5, 5.41) is 7.02. The first kappa shape index (κ1) is 16.7. The number of allylic oxidation sites excluding steroid dienone is 1. The third-order valence-electron chi connectivity index (χ3n) is 3.29. The van der Waals surface area contributed by atoms with Gasteiger partial charge in [0, 0.05) is 11.6 Å². The van der Waals surface area contributed by atoms with Gasteiger partial charge in [-0.1, -0.05) is 13.0 Å². The second-order valence-corrected chi connectivity index (χ2v) is 5.89. The second kappa shape index (κ2) is 8.71. The molecule has 0 aromatic heterocycles. The van der Waals surface area contributed by atoms with Gasteiger partial charge in [-0.15, -0.1) is 6.58 Å². The Balaban J connectivity index is 4.13. The molecule has 0 aliphatic rings. The molecular weight excluding hydrogens is 208 g/mol. The molecule has 2 atom stereocenters. The SMILES string of the molecule is C=CCCC(CCNC(C)(C)C)C(CC)NC. The van der Waals surface area contributed by atoms with Crippen LogP contribution in [0.15, 0.2) is 12.7 Å². The third kappa shape index (κ3) is 8.39. The predicted molar refractivity (Wildman–Crippen MR) is 78.4 cm³/mol. The molecule has 102 valence electrons. The molecule has 0 spiro atoms. The molecule has 0 saturated heterocycles. The Kier molecular flexibility index (Phi) is 8.53. The lowest BCUT2D eigenvalue weighted by Gasteiger charge is -2.28. The van der Waals surface area contributed by atoms with Crippen LogP contribution in [0.2, 0.25) is 0 Å². The van der Waals surface area contributed by atoms with Gasteiger partial charge in [0.2, 0.25) is 0 Å². The first-order chi connectivity index (χ1) is 7.94. The lowest BCUT2D eigenvalue weighted by Crippen LogP contribution is -2.40. The summed E-state index contributed by atoms with van der Waals surface area (Å²) < 4.78 is 0. The van der Waals surface area contributed by atoms with E-state index in [1.54, 1.807) is 0 Å². The minimum absolute atomic E-state index is 0.227. The maximum atomic E-state index is 3.83. The van der Waals surface area contributed by atoms with Crippen molar-refractivity contribution in [2.24, 2.45) is 5.92 Å². The van der Waals surface area contributed by atoms with Crippen LogP contribution in [0.4, 0.5) is 0 Å². The molecule has 0 saturated carbocycles. The zero-order valence-corrected chi connectivity index (χ0v) is 12.5. The predicted octanol–water partition coefficient (Wildman–Crippen LogP) is 3.35. The van der Waals surface area contributed by atoms with Crippen LogP contribution < -0.4 is 10.6 Å². The highest BCUT2D eigenvalue weighted by Crippen LogP contribution is 2.18. The Morgan fingerprint density at radius 2 is 1.88 bits per heavy atom. The van der Waals surface area contributed by atoms with Crippen molar-refractivity contribution in [1.29, 1.82) is 0 Å². The van der Waals surface area contributed by atoms with Crippen molar-refractivity contribution < 1.29 is 0 Å². The molecular formula is C15H32N2. The molecule has 2 heteroatoms. The molecule has 0 rings (SSSR count). The summed E-state index contributed by atoms with van der Waals surface area (Å²) in [4.78, 5) is 0. The second-order valence-electron chi connectivity index (χ2n) is 5.89. The molecule has 0 aromatic carbocycles. The van der Waals surface area contributed by atoms with Gasteiger partial charge in [0.25, 0.3) is 0 Å². The molecule has 0 aliphatic heterocycles. The van der Waals surface area contributed by atoms with Gasteiger partial charge >= 0.3 is 0 Å². The number of hydrogen-bond acceptors (Lipinski definition) is 2. The highest BCUT2D eigenvalue weighted by Gasteiger charge is 2.18. The Bertz CT molecular complexity index is 190. The molecule has 0 aliphatic carbocycles. The fourth-order valence-corrected chi connectivity index (χ4v) is 2.28. The zero-order valence-electron chi connectivity index (χ0n) is 12.5. The van der Waals surface area contributed by atoms with Gasteiger partial charge in [-0.05, 0) is 66.0 Å². The average Bonchev–Trinajstić information content (AvgIpc) is 2.25. The average molecular weight is 240 g/mol. The molecule has 2 N–H and O–H groups in total. The molecule has 17 heavy (non-hydrogen) atoms. The quantitative estimate of drug-likeness (QED) is 0.604. The van der Waals surface area contributed by atoms with Gasteiger partial charge in [0.05, 0.1) is 0 Å². The van der Waals surface area contributed by atoms with Crippen LogP contribution in [0.3, 0.4) is 0 Å². The Morgan fingerprint density at radius 1 is 1.24 bits per heavy atom. The van der Waals surface area contributed by atoms with Gasteiger partial charge in [0.15, 0.2) is 0 Å². The molecule has 0 heterocycles. The molecule has 2 unspecified atom stereocenters. The van der Waals surface area contributed by atoms with E-state index in [1.165, 1.54) is 19.3 Å². The summed E-state index contributed by atoms with van der Waals surface area (Å²) in [6.45, 7) is 13.9. The summed E-state index contributed by atoms with van der Waals surface area (Å²) in [6, 6.07) is 0.636. The first-order valence-corrected chi connectivity index (χ1v) is 6.97. The van der Waals surface area contributed by atoms with Crippen LogP contribution >= 0.6 is 0 Å². The van der Waals surface area contributed by atoms with Crippen molar-refractivity contribution in [3.05, 3.63) is 12.7 Å². The minimum atomic E-state index is 0.227. The van der Waals surface area contributed by atoms with Crippen LogP contribution in [0.1, 0.15) is 53.4 Å². The van der Waals surface area contributed by atoms with E-state index in [9.17, 15) is 0 Å². The van der Waals surface area contributed by atoms with E-state index in [1.807, 2.05) is 6.08 Å². The van der Waals surface area contributed by atoms with E-state index < -0.39 is 0 Å². The zero-order chi connectivity index (χ0) is 13.3. The highest BCUT2D eigenvalue weighted by atomic mass is 14.9. The lowest BCUT2D eigenvalue weighted by molar-refractivity contribution is 0.304. The minimum Gasteiger partial charge on any atom is -0.317 e. The maximum absolute atomic E-state index is 3.83. The van der Waals surface area contributed by atoms with Crippen LogP contribution in [0.25, 0.3) is 0 Å². The largest absolute Gasteiger partial charge is 0.317 e. The summed E-state index contributed by atoms with van der Waals surface area (Å²) in [5.41, 5.74) is 0.227. The van der Waals surface area contributed by atoms with Crippen LogP contribution in [0.5, 0.6) is 0 Å². The van der Waals surface area contributed by atoms with Gasteiger partial charge in [-0.2, -0.15) is 0 Å². The molecule has 0 amide bonds. The highest BCUT2D eigenvalue weighted by molar-refractivity contribution is 4.80. The molecule has 0 bridgehead atoms. The maximum Gasteiger partial charge on any atom is 0.00965 e. The van der Waals surface area contributed by atoms with E-state index in [-0.39, 0.29) is 5.54 Å². The summed E-state index contributed by atoms with van der Waals surface area (Å²) in [6.07, 6.45) is 6.85. The van der Waals surface area contributed by atoms with Crippen molar-refractivity contribution in [2.45, 2.75) is 65.0 Å². The van der Waals surface area contributed by atoms with Crippen molar-refractivity contribution in [1.82, 2.24) is 10.6 Å².